The van der Waals surface area contributed by atoms with Gasteiger partial charge in [0.1, 0.15) is 0 Å². The Labute approximate surface area is 121 Å². The molecule has 0 bridgehead atoms. The molecule has 0 aliphatic carbocycles. The van der Waals surface area contributed by atoms with Crippen molar-refractivity contribution in [1.29, 1.82) is 0 Å². The zero-order valence-corrected chi connectivity index (χ0v) is 12.1. The van der Waals surface area contributed by atoms with Gasteiger partial charge >= 0.3 is 5.69 Å². The molecule has 5 nitrogen and oxygen atoms in total. The number of benzene rings is 1. The van der Waals surface area contributed by atoms with Gasteiger partial charge in [-0.1, -0.05) is 26.0 Å². The van der Waals surface area contributed by atoms with Crippen LogP contribution in [0.2, 0.25) is 0 Å². The summed E-state index contributed by atoms with van der Waals surface area (Å²) in [6.45, 7) is 4.26. The number of aromatic amines is 2. The standard InChI is InChI=1S/C14H11N3O2.C2H6/c18-13-11-3-1-2-4-12(11)16-14(19)17(13)9-10-5-7-15-8-6-10;1-2/h1-8H,9H2,(H,16,19);1-2H3/p+1. The summed E-state index contributed by atoms with van der Waals surface area (Å²) in [4.78, 5) is 29.9. The van der Waals surface area contributed by atoms with Crippen molar-refractivity contribution in [1.82, 2.24) is 9.55 Å². The van der Waals surface area contributed by atoms with Crippen molar-refractivity contribution in [2.75, 3.05) is 0 Å². The molecule has 0 amide bonds. The van der Waals surface area contributed by atoms with Gasteiger partial charge in [0, 0.05) is 12.1 Å². The van der Waals surface area contributed by atoms with Gasteiger partial charge in [-0.05, 0) is 17.7 Å². The molecule has 0 aliphatic heterocycles. The van der Waals surface area contributed by atoms with Gasteiger partial charge in [-0.3, -0.25) is 9.36 Å². The van der Waals surface area contributed by atoms with E-state index in [1.165, 1.54) is 4.57 Å². The highest BCUT2D eigenvalue weighted by Crippen LogP contribution is 2.03. The van der Waals surface area contributed by atoms with Gasteiger partial charge in [0.25, 0.3) is 5.56 Å². The second kappa shape index (κ2) is 6.65. The normalized spacial score (nSPS) is 10.0. The molecular weight excluding hydrogens is 266 g/mol. The number of fused-ring (bicyclic) bond motifs is 1. The lowest BCUT2D eigenvalue weighted by Gasteiger charge is -2.05. The highest BCUT2D eigenvalue weighted by Gasteiger charge is 2.07. The van der Waals surface area contributed by atoms with E-state index in [1.807, 2.05) is 26.0 Å². The number of aromatic nitrogens is 3. The molecule has 2 heterocycles. The maximum absolute atomic E-state index is 12.3. The van der Waals surface area contributed by atoms with E-state index in [4.69, 9.17) is 0 Å². The average Bonchev–Trinajstić information content (AvgIpc) is 2.54. The fraction of sp³-hybridized carbons (Fsp3) is 0.188. The first-order chi connectivity index (χ1) is 10.3. The summed E-state index contributed by atoms with van der Waals surface area (Å²) < 4.78 is 1.21. The molecule has 0 aliphatic rings. The molecule has 1 aromatic carbocycles. The van der Waals surface area contributed by atoms with Gasteiger partial charge in [-0.2, -0.15) is 0 Å². The predicted octanol–water partition coefficient (Wildman–Crippen LogP) is 1.58. The van der Waals surface area contributed by atoms with E-state index in [9.17, 15) is 9.59 Å². The van der Waals surface area contributed by atoms with Crippen molar-refractivity contribution in [2.24, 2.45) is 0 Å². The van der Waals surface area contributed by atoms with Crippen LogP contribution >= 0.6 is 0 Å². The van der Waals surface area contributed by atoms with Crippen LogP contribution in [0.25, 0.3) is 10.9 Å². The smallest absolute Gasteiger partial charge is 0.307 e. The summed E-state index contributed by atoms with van der Waals surface area (Å²) in [6.07, 6.45) is 3.52. The Hall–Kier alpha value is -2.69. The highest BCUT2D eigenvalue weighted by molar-refractivity contribution is 5.76. The summed E-state index contributed by atoms with van der Waals surface area (Å²) in [5.41, 5.74) is 0.792. The van der Waals surface area contributed by atoms with Crippen LogP contribution in [-0.2, 0) is 6.54 Å². The molecule has 21 heavy (non-hydrogen) atoms. The number of pyridine rings is 1. The van der Waals surface area contributed by atoms with E-state index in [0.717, 1.165) is 5.56 Å². The van der Waals surface area contributed by atoms with Crippen molar-refractivity contribution in [2.45, 2.75) is 20.4 Å². The molecule has 5 heteroatoms. The largest absolute Gasteiger partial charge is 0.329 e. The van der Waals surface area contributed by atoms with E-state index < -0.39 is 5.69 Å². The zero-order chi connectivity index (χ0) is 15.2. The quantitative estimate of drug-likeness (QED) is 0.776. The van der Waals surface area contributed by atoms with Crippen LogP contribution in [0, 0.1) is 0 Å². The minimum Gasteiger partial charge on any atom is -0.307 e. The maximum Gasteiger partial charge on any atom is 0.329 e. The predicted molar refractivity (Wildman–Crippen MR) is 82.3 cm³/mol. The minimum absolute atomic E-state index is 0.258. The number of nitrogens with zero attached hydrogens (tertiary/aromatic N) is 1. The number of hydrogen-bond donors (Lipinski definition) is 1. The molecule has 0 radical (unpaired) electrons. The van der Waals surface area contributed by atoms with E-state index in [1.54, 1.807) is 36.7 Å². The number of H-pyrrole nitrogens is 2. The van der Waals surface area contributed by atoms with Crippen LogP contribution in [0.5, 0.6) is 0 Å². The molecule has 0 fully saturated rings. The molecule has 2 N–H and O–H groups in total. The lowest BCUT2D eigenvalue weighted by atomic mass is 10.2. The first-order valence-electron chi connectivity index (χ1n) is 6.92. The van der Waals surface area contributed by atoms with Crippen LogP contribution in [0.4, 0.5) is 0 Å². The monoisotopic (exact) mass is 284 g/mol. The highest BCUT2D eigenvalue weighted by atomic mass is 16.2. The van der Waals surface area contributed by atoms with Crippen molar-refractivity contribution >= 4 is 10.9 Å². The van der Waals surface area contributed by atoms with Crippen molar-refractivity contribution in [3.05, 3.63) is 75.2 Å². The third kappa shape index (κ3) is 3.08. The van der Waals surface area contributed by atoms with Crippen LogP contribution in [0.15, 0.2) is 58.4 Å². The van der Waals surface area contributed by atoms with Gasteiger partial charge in [0.15, 0.2) is 12.4 Å². The van der Waals surface area contributed by atoms with E-state index in [0.29, 0.717) is 10.9 Å². The Bertz CT molecular complexity index is 835. The van der Waals surface area contributed by atoms with Crippen molar-refractivity contribution in [3.8, 4) is 0 Å². The van der Waals surface area contributed by atoms with E-state index in [-0.39, 0.29) is 12.1 Å². The SMILES string of the molecule is CC.O=c1[nH]c2ccccc2c(=O)n1Cc1cc[nH+]cc1. The third-order valence-electron chi connectivity index (χ3n) is 3.02. The van der Waals surface area contributed by atoms with Crippen LogP contribution in [0.3, 0.4) is 0 Å². The number of hydrogen-bond acceptors (Lipinski definition) is 2. The Balaban J connectivity index is 0.000000774. The summed E-state index contributed by atoms with van der Waals surface area (Å²) in [7, 11) is 0. The molecule has 0 saturated carbocycles. The summed E-state index contributed by atoms with van der Waals surface area (Å²) in [5.74, 6) is 0. The topological polar surface area (TPSA) is 69.0 Å². The maximum atomic E-state index is 12.3. The fourth-order valence-electron chi connectivity index (χ4n) is 2.05. The van der Waals surface area contributed by atoms with Gasteiger partial charge in [0.05, 0.1) is 17.4 Å². The number of para-hydroxylation sites is 1. The number of nitrogens with one attached hydrogen (secondary N) is 2. The van der Waals surface area contributed by atoms with Crippen molar-refractivity contribution in [3.63, 3.8) is 0 Å². The Morgan fingerprint density at radius 2 is 1.71 bits per heavy atom. The molecule has 0 spiro atoms. The van der Waals surface area contributed by atoms with Crippen LogP contribution in [0.1, 0.15) is 19.4 Å². The minimum atomic E-state index is -0.392. The van der Waals surface area contributed by atoms with E-state index in [2.05, 4.69) is 9.97 Å². The summed E-state index contributed by atoms with van der Waals surface area (Å²) in [5, 5.41) is 0.518. The fourth-order valence-corrected chi connectivity index (χ4v) is 2.05. The third-order valence-corrected chi connectivity index (χ3v) is 3.02. The molecule has 3 aromatic rings. The van der Waals surface area contributed by atoms with Crippen molar-refractivity contribution < 1.29 is 4.98 Å². The summed E-state index contributed by atoms with van der Waals surface area (Å²) in [6, 6.07) is 10.7. The summed E-state index contributed by atoms with van der Waals surface area (Å²) >= 11 is 0. The lowest BCUT2D eigenvalue weighted by molar-refractivity contribution is -0.378. The zero-order valence-electron chi connectivity index (χ0n) is 12.1. The molecule has 0 saturated heterocycles. The van der Waals surface area contributed by atoms with Gasteiger partial charge in [-0.15, -0.1) is 0 Å². The Kier molecular flexibility index (Phi) is 4.66. The Morgan fingerprint density at radius 3 is 2.43 bits per heavy atom. The molecular formula is C16H18N3O2+. The Morgan fingerprint density at radius 1 is 1.05 bits per heavy atom. The molecule has 3 rings (SSSR count). The van der Waals surface area contributed by atoms with Gasteiger partial charge in [0.2, 0.25) is 0 Å². The van der Waals surface area contributed by atoms with Gasteiger partial charge in [-0.25, -0.2) is 9.78 Å². The average molecular weight is 284 g/mol. The van der Waals surface area contributed by atoms with E-state index >= 15 is 0 Å². The number of rotatable bonds is 2. The molecule has 0 unspecified atom stereocenters. The molecule has 2 aromatic heterocycles. The molecule has 108 valence electrons. The van der Waals surface area contributed by atoms with Crippen LogP contribution in [-0.4, -0.2) is 9.55 Å². The van der Waals surface area contributed by atoms with Gasteiger partial charge < -0.3 is 4.98 Å². The van der Waals surface area contributed by atoms with Crippen LogP contribution < -0.4 is 16.2 Å². The molecule has 0 atom stereocenters. The first-order valence-corrected chi connectivity index (χ1v) is 6.92. The lowest BCUT2D eigenvalue weighted by Crippen LogP contribution is -2.35. The second-order valence-electron chi connectivity index (χ2n) is 4.28. The first kappa shape index (κ1) is 14.7. The second-order valence-corrected chi connectivity index (χ2v) is 4.28.